The van der Waals surface area contributed by atoms with Crippen LogP contribution in [0.5, 0.6) is 0 Å². The zero-order valence-corrected chi connectivity index (χ0v) is 12.0. The van der Waals surface area contributed by atoms with Crippen LogP contribution in [-0.2, 0) is 6.54 Å². The van der Waals surface area contributed by atoms with Crippen LogP contribution in [-0.4, -0.2) is 14.5 Å². The number of aromatic nitrogens is 2. The molecule has 0 spiro atoms. The molecule has 106 valence electrons. The van der Waals surface area contributed by atoms with Gasteiger partial charge in [-0.25, -0.2) is 4.98 Å². The highest BCUT2D eigenvalue weighted by Gasteiger charge is 2.13. The number of hydrogen-bond donors (Lipinski definition) is 1. The van der Waals surface area contributed by atoms with E-state index in [1.54, 1.807) is 18.6 Å². The first-order valence-electron chi connectivity index (χ1n) is 6.17. The Labute approximate surface area is 121 Å². The van der Waals surface area contributed by atoms with Gasteiger partial charge < -0.3 is 9.88 Å². The van der Waals surface area contributed by atoms with Gasteiger partial charge in [-0.3, -0.25) is 10.1 Å². The number of halogens is 1. The number of anilines is 1. The monoisotopic (exact) mass is 294 g/mol. The standard InChI is InChI=1S/C13H15ClN4O2/c1-9(2)17-8-15-6-11(17)7-16-10-3-4-12(14)13(5-10)18(19)20/h3-6,8-9,16H,7H2,1-2H3. The fourth-order valence-electron chi connectivity index (χ4n) is 1.89. The summed E-state index contributed by atoms with van der Waals surface area (Å²) >= 11 is 5.77. The number of nitro groups is 1. The van der Waals surface area contributed by atoms with Crippen LogP contribution in [0.3, 0.4) is 0 Å². The first-order chi connectivity index (χ1) is 9.49. The fraction of sp³-hybridized carbons (Fsp3) is 0.308. The highest BCUT2D eigenvalue weighted by molar-refractivity contribution is 6.32. The van der Waals surface area contributed by atoms with Crippen molar-refractivity contribution in [1.82, 2.24) is 9.55 Å². The van der Waals surface area contributed by atoms with E-state index in [1.165, 1.54) is 12.1 Å². The number of nitrogens with one attached hydrogen (secondary N) is 1. The van der Waals surface area contributed by atoms with Gasteiger partial charge in [-0.2, -0.15) is 0 Å². The van der Waals surface area contributed by atoms with E-state index >= 15 is 0 Å². The van der Waals surface area contributed by atoms with Crippen molar-refractivity contribution in [2.24, 2.45) is 0 Å². The Bertz CT molecular complexity index is 625. The lowest BCUT2D eigenvalue weighted by molar-refractivity contribution is -0.384. The highest BCUT2D eigenvalue weighted by Crippen LogP contribution is 2.27. The van der Waals surface area contributed by atoms with Crippen molar-refractivity contribution < 1.29 is 4.92 Å². The number of nitro benzene ring substituents is 1. The third-order valence-electron chi connectivity index (χ3n) is 2.92. The van der Waals surface area contributed by atoms with Gasteiger partial charge in [0.15, 0.2) is 0 Å². The molecule has 20 heavy (non-hydrogen) atoms. The molecule has 2 aromatic rings. The summed E-state index contributed by atoms with van der Waals surface area (Å²) in [4.78, 5) is 14.4. The summed E-state index contributed by atoms with van der Waals surface area (Å²) in [5, 5.41) is 14.1. The van der Waals surface area contributed by atoms with Gasteiger partial charge in [0.25, 0.3) is 5.69 Å². The Morgan fingerprint density at radius 1 is 1.50 bits per heavy atom. The zero-order chi connectivity index (χ0) is 14.7. The zero-order valence-electron chi connectivity index (χ0n) is 11.2. The number of benzene rings is 1. The van der Waals surface area contributed by atoms with E-state index in [-0.39, 0.29) is 10.7 Å². The predicted molar refractivity (Wildman–Crippen MR) is 78.0 cm³/mol. The van der Waals surface area contributed by atoms with Gasteiger partial charge in [-0.15, -0.1) is 0 Å². The maximum atomic E-state index is 10.8. The molecule has 0 unspecified atom stereocenters. The Morgan fingerprint density at radius 3 is 2.90 bits per heavy atom. The maximum Gasteiger partial charge on any atom is 0.289 e. The van der Waals surface area contributed by atoms with Crippen molar-refractivity contribution in [2.75, 3.05) is 5.32 Å². The van der Waals surface area contributed by atoms with Crippen LogP contribution in [0.2, 0.25) is 5.02 Å². The normalized spacial score (nSPS) is 10.8. The van der Waals surface area contributed by atoms with Gasteiger partial charge in [-0.1, -0.05) is 11.6 Å². The molecule has 0 fully saturated rings. The molecule has 1 aromatic heterocycles. The molecule has 7 heteroatoms. The summed E-state index contributed by atoms with van der Waals surface area (Å²) in [6.45, 7) is 4.67. The van der Waals surface area contributed by atoms with E-state index in [1.807, 2.05) is 4.57 Å². The van der Waals surface area contributed by atoms with Gasteiger partial charge in [0.05, 0.1) is 23.5 Å². The number of hydrogen-bond acceptors (Lipinski definition) is 4. The van der Waals surface area contributed by atoms with Gasteiger partial charge in [0.1, 0.15) is 5.02 Å². The van der Waals surface area contributed by atoms with E-state index in [2.05, 4.69) is 24.1 Å². The second kappa shape index (κ2) is 5.92. The minimum Gasteiger partial charge on any atom is -0.379 e. The molecule has 0 aliphatic heterocycles. The lowest BCUT2D eigenvalue weighted by Crippen LogP contribution is -2.08. The summed E-state index contributed by atoms with van der Waals surface area (Å²) in [7, 11) is 0. The smallest absolute Gasteiger partial charge is 0.289 e. The molecular formula is C13H15ClN4O2. The number of rotatable bonds is 5. The highest BCUT2D eigenvalue weighted by atomic mass is 35.5. The van der Waals surface area contributed by atoms with Crippen LogP contribution in [0.4, 0.5) is 11.4 Å². The minimum absolute atomic E-state index is 0.103. The SMILES string of the molecule is CC(C)n1cncc1CNc1ccc(Cl)c([N+](=O)[O-])c1. The number of nitrogens with zero attached hydrogens (tertiary/aromatic N) is 3. The van der Waals surface area contributed by atoms with E-state index < -0.39 is 4.92 Å². The van der Waals surface area contributed by atoms with Crippen LogP contribution in [0.25, 0.3) is 0 Å². The second-order valence-corrected chi connectivity index (χ2v) is 5.07. The van der Waals surface area contributed by atoms with Crippen molar-refractivity contribution in [3.8, 4) is 0 Å². The minimum atomic E-state index is -0.494. The van der Waals surface area contributed by atoms with Crippen LogP contribution in [0, 0.1) is 10.1 Å². The molecule has 0 atom stereocenters. The molecular weight excluding hydrogens is 280 g/mol. The van der Waals surface area contributed by atoms with Gasteiger partial charge in [0.2, 0.25) is 0 Å². The molecule has 0 saturated carbocycles. The molecule has 2 rings (SSSR count). The van der Waals surface area contributed by atoms with E-state index in [0.29, 0.717) is 18.3 Å². The van der Waals surface area contributed by atoms with Crippen LogP contribution in [0.1, 0.15) is 25.6 Å². The van der Waals surface area contributed by atoms with Crippen molar-refractivity contribution in [1.29, 1.82) is 0 Å². The Morgan fingerprint density at radius 2 is 2.25 bits per heavy atom. The van der Waals surface area contributed by atoms with Crippen LogP contribution in [0.15, 0.2) is 30.7 Å². The maximum absolute atomic E-state index is 10.8. The molecule has 6 nitrogen and oxygen atoms in total. The predicted octanol–water partition coefficient (Wildman–Crippen LogP) is 3.64. The summed E-state index contributed by atoms with van der Waals surface area (Å²) < 4.78 is 2.04. The average molecular weight is 295 g/mol. The Kier molecular flexibility index (Phi) is 4.24. The molecule has 0 bridgehead atoms. The van der Waals surface area contributed by atoms with Crippen molar-refractivity contribution >= 4 is 23.0 Å². The van der Waals surface area contributed by atoms with E-state index in [9.17, 15) is 10.1 Å². The van der Waals surface area contributed by atoms with Gasteiger partial charge in [0, 0.05) is 24.0 Å². The van der Waals surface area contributed by atoms with Crippen molar-refractivity contribution in [3.63, 3.8) is 0 Å². The Balaban J connectivity index is 2.13. The second-order valence-electron chi connectivity index (χ2n) is 4.66. The molecule has 0 aliphatic rings. The topological polar surface area (TPSA) is 73.0 Å². The van der Waals surface area contributed by atoms with Gasteiger partial charge in [-0.05, 0) is 26.0 Å². The Hall–Kier alpha value is -2.08. The van der Waals surface area contributed by atoms with E-state index in [4.69, 9.17) is 11.6 Å². The van der Waals surface area contributed by atoms with Crippen molar-refractivity contribution in [3.05, 3.63) is 51.6 Å². The summed E-state index contributed by atoms with van der Waals surface area (Å²) in [6, 6.07) is 4.97. The quantitative estimate of drug-likeness (QED) is 0.675. The summed E-state index contributed by atoms with van der Waals surface area (Å²) in [6.07, 6.45) is 3.54. The first-order valence-corrected chi connectivity index (χ1v) is 6.55. The molecule has 1 heterocycles. The lowest BCUT2D eigenvalue weighted by Gasteiger charge is -2.13. The largest absolute Gasteiger partial charge is 0.379 e. The lowest BCUT2D eigenvalue weighted by atomic mass is 10.2. The molecule has 0 radical (unpaired) electrons. The van der Waals surface area contributed by atoms with Gasteiger partial charge >= 0.3 is 0 Å². The van der Waals surface area contributed by atoms with E-state index in [0.717, 1.165) is 5.69 Å². The third kappa shape index (κ3) is 3.08. The average Bonchev–Trinajstić information content (AvgIpc) is 2.86. The molecule has 1 N–H and O–H groups in total. The first kappa shape index (κ1) is 14.3. The third-order valence-corrected chi connectivity index (χ3v) is 3.24. The molecule has 0 aliphatic carbocycles. The number of imidazole rings is 1. The molecule has 0 saturated heterocycles. The van der Waals surface area contributed by atoms with Crippen molar-refractivity contribution in [2.45, 2.75) is 26.4 Å². The summed E-state index contributed by atoms with van der Waals surface area (Å²) in [5.41, 5.74) is 1.56. The van der Waals surface area contributed by atoms with Crippen LogP contribution < -0.4 is 5.32 Å². The molecule has 0 amide bonds. The fourth-order valence-corrected chi connectivity index (χ4v) is 2.08. The van der Waals surface area contributed by atoms with Crippen LogP contribution >= 0.6 is 11.6 Å². The molecule has 1 aromatic carbocycles. The summed E-state index contributed by atoms with van der Waals surface area (Å²) in [5.74, 6) is 0.